The van der Waals surface area contributed by atoms with Gasteiger partial charge >= 0.3 is 0 Å². The van der Waals surface area contributed by atoms with Crippen molar-refractivity contribution in [3.63, 3.8) is 0 Å². The Morgan fingerprint density at radius 2 is 1.05 bits per heavy atom. The summed E-state index contributed by atoms with van der Waals surface area (Å²) < 4.78 is 0. The fourth-order valence-electron chi connectivity index (χ4n) is 2.50. The summed E-state index contributed by atoms with van der Waals surface area (Å²) >= 11 is 0. The largest absolute Gasteiger partial charge is 0.0646 e. The van der Waals surface area contributed by atoms with Gasteiger partial charge in [-0.2, -0.15) is 0 Å². The van der Waals surface area contributed by atoms with E-state index >= 15 is 0 Å². The van der Waals surface area contributed by atoms with Crippen LogP contribution in [-0.2, 0) is 10.8 Å². The summed E-state index contributed by atoms with van der Waals surface area (Å²) in [6.07, 6.45) is 2.33. The Labute approximate surface area is 124 Å². The Morgan fingerprint density at radius 3 is 1.40 bits per heavy atom. The summed E-state index contributed by atoms with van der Waals surface area (Å²) in [5.74, 6) is 0. The second-order valence-electron chi connectivity index (χ2n) is 7.25. The van der Waals surface area contributed by atoms with Crippen LogP contribution in [0.4, 0.5) is 0 Å². The summed E-state index contributed by atoms with van der Waals surface area (Å²) in [6, 6.07) is 13.9. The first-order valence-corrected chi connectivity index (χ1v) is 7.85. The zero-order valence-corrected chi connectivity index (χ0v) is 13.9. The molecule has 2 rings (SSSR count). The van der Waals surface area contributed by atoms with Crippen molar-refractivity contribution in [3.05, 3.63) is 47.5 Å². The van der Waals surface area contributed by atoms with E-state index in [1.165, 1.54) is 34.7 Å². The third kappa shape index (κ3) is 2.75. The van der Waals surface area contributed by atoms with E-state index in [1.54, 1.807) is 0 Å². The average Bonchev–Trinajstić information content (AvgIpc) is 2.46. The molecule has 0 aliphatic carbocycles. The molecule has 0 amide bonds. The molecule has 0 radical (unpaired) electrons. The van der Waals surface area contributed by atoms with E-state index in [0.29, 0.717) is 0 Å². The topological polar surface area (TPSA) is 0 Å². The summed E-state index contributed by atoms with van der Waals surface area (Å²) in [5.41, 5.74) is 3.40. The molecule has 0 aromatic heterocycles. The Kier molecular flexibility index (Phi) is 3.95. The molecule has 0 unspecified atom stereocenters. The molecular formula is C20H28. The van der Waals surface area contributed by atoms with Gasteiger partial charge in [0.15, 0.2) is 0 Å². The maximum Gasteiger partial charge on any atom is -0.0106 e. The van der Waals surface area contributed by atoms with Gasteiger partial charge in [-0.3, -0.25) is 0 Å². The normalized spacial score (nSPS) is 12.9. The fourth-order valence-corrected chi connectivity index (χ4v) is 2.50. The van der Waals surface area contributed by atoms with Gasteiger partial charge in [0.25, 0.3) is 0 Å². The number of hydrogen-bond donors (Lipinski definition) is 0. The van der Waals surface area contributed by atoms with E-state index < -0.39 is 0 Å². The molecule has 2 aromatic carbocycles. The highest BCUT2D eigenvalue weighted by molar-refractivity contribution is 5.84. The maximum atomic E-state index is 2.38. The van der Waals surface area contributed by atoms with Crippen LogP contribution in [0.5, 0.6) is 0 Å². The van der Waals surface area contributed by atoms with Crippen molar-refractivity contribution in [2.24, 2.45) is 0 Å². The van der Waals surface area contributed by atoms with Gasteiger partial charge in [-0.1, -0.05) is 77.9 Å². The highest BCUT2D eigenvalue weighted by atomic mass is 14.2. The zero-order chi connectivity index (χ0) is 15.0. The van der Waals surface area contributed by atoms with Crippen molar-refractivity contribution in [2.75, 3.05) is 0 Å². The first-order valence-electron chi connectivity index (χ1n) is 7.85. The van der Waals surface area contributed by atoms with Gasteiger partial charge < -0.3 is 0 Å². The van der Waals surface area contributed by atoms with Crippen LogP contribution in [0.25, 0.3) is 10.8 Å². The molecule has 0 heteroatoms. The molecule has 0 atom stereocenters. The Bertz CT molecular complexity index is 552. The first kappa shape index (κ1) is 15.1. The molecule has 0 aliphatic heterocycles. The molecule has 0 saturated heterocycles. The van der Waals surface area contributed by atoms with Crippen LogP contribution in [0.15, 0.2) is 36.4 Å². The highest BCUT2D eigenvalue weighted by Gasteiger charge is 2.20. The van der Waals surface area contributed by atoms with E-state index in [4.69, 9.17) is 0 Å². The summed E-state index contributed by atoms with van der Waals surface area (Å²) in [4.78, 5) is 0. The lowest BCUT2D eigenvalue weighted by Gasteiger charge is -2.25. The fraction of sp³-hybridized carbons (Fsp3) is 0.500. The molecule has 0 N–H and O–H groups in total. The van der Waals surface area contributed by atoms with Crippen molar-refractivity contribution in [2.45, 2.75) is 65.2 Å². The lowest BCUT2D eigenvalue weighted by Crippen LogP contribution is -2.16. The van der Waals surface area contributed by atoms with E-state index in [2.05, 4.69) is 77.9 Å². The van der Waals surface area contributed by atoms with Gasteiger partial charge in [0.1, 0.15) is 0 Å². The van der Waals surface area contributed by atoms with E-state index in [0.717, 1.165) is 0 Å². The Hall–Kier alpha value is -1.30. The summed E-state index contributed by atoms with van der Waals surface area (Å²) in [7, 11) is 0. The van der Waals surface area contributed by atoms with Crippen LogP contribution in [0.2, 0.25) is 0 Å². The van der Waals surface area contributed by atoms with Crippen molar-refractivity contribution in [3.8, 4) is 0 Å². The molecule has 0 aliphatic rings. The molecular weight excluding hydrogens is 240 g/mol. The lowest BCUT2D eigenvalue weighted by molar-refractivity contribution is 0.505. The average molecular weight is 268 g/mol. The molecule has 0 spiro atoms. The minimum absolute atomic E-state index is 0.254. The van der Waals surface area contributed by atoms with Gasteiger partial charge in [0.05, 0.1) is 0 Å². The van der Waals surface area contributed by atoms with E-state index in [9.17, 15) is 0 Å². The van der Waals surface area contributed by atoms with Crippen molar-refractivity contribution in [1.82, 2.24) is 0 Å². The summed E-state index contributed by atoms with van der Waals surface area (Å²) in [6.45, 7) is 13.8. The standard InChI is InChI=1S/C20H28/c1-7-19(3,4)17-11-9-15-10-12-18(14-16(15)13-17)20(5,6)8-2/h9-14H,7-8H2,1-6H3. The Balaban J connectivity index is 2.56. The van der Waals surface area contributed by atoms with Crippen LogP contribution >= 0.6 is 0 Å². The van der Waals surface area contributed by atoms with Crippen LogP contribution in [-0.4, -0.2) is 0 Å². The SMILES string of the molecule is CCC(C)(C)c1ccc2ccc(C(C)(C)CC)cc2c1. The van der Waals surface area contributed by atoms with Crippen LogP contribution in [0.3, 0.4) is 0 Å². The molecule has 0 fully saturated rings. The predicted molar refractivity (Wildman–Crippen MR) is 90.6 cm³/mol. The van der Waals surface area contributed by atoms with Gasteiger partial charge in [0.2, 0.25) is 0 Å². The molecule has 108 valence electrons. The molecule has 0 saturated carbocycles. The van der Waals surface area contributed by atoms with Crippen molar-refractivity contribution < 1.29 is 0 Å². The minimum atomic E-state index is 0.254. The van der Waals surface area contributed by atoms with Gasteiger partial charge in [-0.05, 0) is 45.6 Å². The second-order valence-corrected chi connectivity index (χ2v) is 7.25. The molecule has 0 nitrogen and oxygen atoms in total. The maximum absolute atomic E-state index is 2.38. The number of hydrogen-bond acceptors (Lipinski definition) is 0. The van der Waals surface area contributed by atoms with Gasteiger partial charge in [0, 0.05) is 0 Å². The van der Waals surface area contributed by atoms with Gasteiger partial charge in [-0.25, -0.2) is 0 Å². The predicted octanol–water partition coefficient (Wildman–Crippen LogP) is 6.22. The summed E-state index contributed by atoms with van der Waals surface area (Å²) in [5, 5.41) is 2.72. The number of rotatable bonds is 4. The second kappa shape index (κ2) is 5.24. The first-order chi connectivity index (χ1) is 9.30. The monoisotopic (exact) mass is 268 g/mol. The lowest BCUT2D eigenvalue weighted by atomic mass is 9.79. The van der Waals surface area contributed by atoms with Gasteiger partial charge in [-0.15, -0.1) is 0 Å². The quantitative estimate of drug-likeness (QED) is 0.618. The highest BCUT2D eigenvalue weighted by Crippen LogP contribution is 2.32. The smallest absolute Gasteiger partial charge is 0.0106 e. The molecule has 0 heterocycles. The zero-order valence-electron chi connectivity index (χ0n) is 13.9. The minimum Gasteiger partial charge on any atom is -0.0646 e. The van der Waals surface area contributed by atoms with Crippen LogP contribution < -0.4 is 0 Å². The van der Waals surface area contributed by atoms with Crippen molar-refractivity contribution in [1.29, 1.82) is 0 Å². The van der Waals surface area contributed by atoms with Crippen LogP contribution in [0, 0.1) is 0 Å². The number of fused-ring (bicyclic) bond motifs is 1. The molecule has 2 aromatic rings. The molecule has 20 heavy (non-hydrogen) atoms. The third-order valence-corrected chi connectivity index (χ3v) is 5.17. The van der Waals surface area contributed by atoms with Crippen molar-refractivity contribution >= 4 is 10.8 Å². The van der Waals surface area contributed by atoms with E-state index in [1.807, 2.05) is 0 Å². The third-order valence-electron chi connectivity index (χ3n) is 5.17. The number of benzene rings is 2. The molecule has 0 bridgehead atoms. The van der Waals surface area contributed by atoms with Crippen LogP contribution in [0.1, 0.15) is 65.5 Å². The Morgan fingerprint density at radius 1 is 0.650 bits per heavy atom. The van der Waals surface area contributed by atoms with E-state index in [-0.39, 0.29) is 10.8 Å².